The van der Waals surface area contributed by atoms with E-state index in [9.17, 15) is 4.39 Å². The van der Waals surface area contributed by atoms with Crippen molar-refractivity contribution in [3.8, 4) is 5.75 Å². The molecule has 0 aliphatic carbocycles. The molecule has 0 radical (unpaired) electrons. The van der Waals surface area contributed by atoms with Crippen molar-refractivity contribution in [1.82, 2.24) is 4.90 Å². The molecule has 1 fully saturated rings. The minimum absolute atomic E-state index is 0.254. The van der Waals surface area contributed by atoms with Crippen LogP contribution < -0.4 is 4.74 Å². The van der Waals surface area contributed by atoms with Gasteiger partial charge >= 0.3 is 0 Å². The Morgan fingerprint density at radius 2 is 2.04 bits per heavy atom. The highest BCUT2D eigenvalue weighted by molar-refractivity contribution is 6.03. The Morgan fingerprint density at radius 3 is 2.75 bits per heavy atom. The predicted molar refractivity (Wildman–Crippen MR) is 109 cm³/mol. The van der Waals surface area contributed by atoms with Crippen LogP contribution in [0.2, 0.25) is 0 Å². The molecule has 146 valence electrons. The highest BCUT2D eigenvalue weighted by Gasteiger charge is 2.45. The maximum atomic E-state index is 13.3. The normalized spacial score (nSPS) is 22.6. The maximum Gasteiger partial charge on any atom is 0.234 e. The van der Waals surface area contributed by atoms with E-state index in [2.05, 4.69) is 41.3 Å². The van der Waals surface area contributed by atoms with Gasteiger partial charge in [-0.2, -0.15) is 0 Å². The molecule has 1 atom stereocenters. The molecule has 0 bridgehead atoms. The molecule has 2 heterocycles. The Hall–Kier alpha value is -2.82. The van der Waals surface area contributed by atoms with Gasteiger partial charge in [0.05, 0.1) is 7.11 Å². The van der Waals surface area contributed by atoms with Crippen LogP contribution in [0.25, 0.3) is 6.08 Å². The average Bonchev–Trinajstić information content (AvgIpc) is 3.07. The second-order valence-electron chi connectivity index (χ2n) is 7.35. The number of benzene rings is 2. The molecule has 0 N–H and O–H groups in total. The molecule has 2 aliphatic heterocycles. The quantitative estimate of drug-likeness (QED) is 0.741. The van der Waals surface area contributed by atoms with Crippen molar-refractivity contribution in [3.63, 3.8) is 0 Å². The Balaban J connectivity index is 1.65. The van der Waals surface area contributed by atoms with Crippen molar-refractivity contribution in [3.05, 3.63) is 70.5 Å². The monoisotopic (exact) mass is 380 g/mol. The third-order valence-electron chi connectivity index (χ3n) is 5.61. The molecule has 0 spiro atoms. The lowest BCUT2D eigenvalue weighted by molar-refractivity contribution is -0.0913. The summed E-state index contributed by atoms with van der Waals surface area (Å²) in [5.41, 5.74) is 3.60. The summed E-state index contributed by atoms with van der Waals surface area (Å²) in [5.74, 6) is 1.51. The Bertz CT molecular complexity index is 936. The van der Waals surface area contributed by atoms with Crippen molar-refractivity contribution in [2.45, 2.75) is 38.8 Å². The first-order chi connectivity index (χ1) is 13.5. The Kier molecular flexibility index (Phi) is 4.84. The minimum atomic E-state index is -0.716. The van der Waals surface area contributed by atoms with Crippen molar-refractivity contribution in [2.75, 3.05) is 13.7 Å². The summed E-state index contributed by atoms with van der Waals surface area (Å²) in [6, 6.07) is 12.7. The number of hydrogen-bond donors (Lipinski definition) is 0. The van der Waals surface area contributed by atoms with Gasteiger partial charge in [-0.15, -0.1) is 0 Å². The van der Waals surface area contributed by atoms with Crippen LogP contribution in [0.5, 0.6) is 5.75 Å². The summed E-state index contributed by atoms with van der Waals surface area (Å²) in [6.07, 6.45) is 5.04. The average molecular weight is 380 g/mol. The molecule has 0 saturated carbocycles. The summed E-state index contributed by atoms with van der Waals surface area (Å²) >= 11 is 0. The number of piperidine rings is 1. The number of aryl methyl sites for hydroxylation is 1. The lowest BCUT2D eigenvalue weighted by Gasteiger charge is -2.37. The number of fused-ring (bicyclic) bond motifs is 1. The Morgan fingerprint density at radius 1 is 1.25 bits per heavy atom. The molecule has 5 heteroatoms. The summed E-state index contributed by atoms with van der Waals surface area (Å²) in [5, 5.41) is 4.41. The first-order valence-electron chi connectivity index (χ1n) is 9.73. The van der Waals surface area contributed by atoms with E-state index >= 15 is 0 Å². The number of halogens is 1. The van der Waals surface area contributed by atoms with Crippen LogP contribution >= 0.6 is 0 Å². The van der Waals surface area contributed by atoms with Crippen LogP contribution in [0.1, 0.15) is 43.4 Å². The Labute approximate surface area is 165 Å². The number of methoxy groups -OCH3 is 1. The molecular formula is C23H25FN2O2. The van der Waals surface area contributed by atoms with Crippen molar-refractivity contribution in [2.24, 2.45) is 5.16 Å². The van der Waals surface area contributed by atoms with E-state index in [0.29, 0.717) is 0 Å². The standard InChI is InChI=1S/C23H25FN2O2/c1-4-17-8-7-16(15-21(17)27-3)14-18-6-5-13-26-22(18)25-28-23(26,2)19-9-11-20(24)12-10-19/h7-12,14-15H,4-6,13H2,1-3H3. The number of nitrogens with zero attached hydrogens (tertiary/aromatic N) is 2. The zero-order valence-corrected chi connectivity index (χ0v) is 16.5. The fourth-order valence-corrected chi connectivity index (χ4v) is 3.97. The third kappa shape index (κ3) is 3.15. The molecule has 1 unspecified atom stereocenters. The summed E-state index contributed by atoms with van der Waals surface area (Å²) in [4.78, 5) is 8.06. The van der Waals surface area contributed by atoms with Crippen molar-refractivity contribution in [1.29, 1.82) is 0 Å². The van der Waals surface area contributed by atoms with Crippen LogP contribution in [0.15, 0.2) is 53.2 Å². The second kappa shape index (κ2) is 7.30. The number of oxime groups is 1. The summed E-state index contributed by atoms with van der Waals surface area (Å²) in [7, 11) is 1.71. The van der Waals surface area contributed by atoms with E-state index in [1.54, 1.807) is 19.2 Å². The first-order valence-corrected chi connectivity index (χ1v) is 9.73. The van der Waals surface area contributed by atoms with Crippen molar-refractivity contribution < 1.29 is 14.0 Å². The van der Waals surface area contributed by atoms with E-state index in [0.717, 1.165) is 54.1 Å². The van der Waals surface area contributed by atoms with Gasteiger partial charge in [-0.25, -0.2) is 4.39 Å². The molecule has 0 amide bonds. The molecule has 0 aromatic heterocycles. The number of rotatable bonds is 4. The maximum absolute atomic E-state index is 13.3. The van der Waals surface area contributed by atoms with Crippen LogP contribution in [-0.2, 0) is 17.0 Å². The van der Waals surface area contributed by atoms with Crippen LogP contribution in [-0.4, -0.2) is 24.4 Å². The molecule has 4 nitrogen and oxygen atoms in total. The van der Waals surface area contributed by atoms with Gasteiger partial charge in [0.25, 0.3) is 0 Å². The molecule has 1 saturated heterocycles. The van der Waals surface area contributed by atoms with Gasteiger partial charge in [0.1, 0.15) is 11.6 Å². The van der Waals surface area contributed by atoms with Gasteiger partial charge in [-0.1, -0.05) is 36.3 Å². The highest BCUT2D eigenvalue weighted by atomic mass is 19.1. The number of amidine groups is 1. The van der Waals surface area contributed by atoms with Gasteiger partial charge in [0.2, 0.25) is 5.72 Å². The van der Waals surface area contributed by atoms with Gasteiger partial charge in [-0.05, 0) is 60.2 Å². The molecule has 2 aromatic carbocycles. The summed E-state index contributed by atoms with van der Waals surface area (Å²) in [6.45, 7) is 4.96. The van der Waals surface area contributed by atoms with Crippen molar-refractivity contribution >= 4 is 11.9 Å². The third-order valence-corrected chi connectivity index (χ3v) is 5.61. The lowest BCUT2D eigenvalue weighted by Crippen LogP contribution is -2.46. The largest absolute Gasteiger partial charge is 0.496 e. The lowest BCUT2D eigenvalue weighted by atomic mass is 9.95. The van der Waals surface area contributed by atoms with Gasteiger partial charge in [0.15, 0.2) is 5.84 Å². The van der Waals surface area contributed by atoms with Gasteiger partial charge < -0.3 is 14.5 Å². The second-order valence-corrected chi connectivity index (χ2v) is 7.35. The molecule has 4 rings (SSSR count). The molecule has 2 aromatic rings. The van der Waals surface area contributed by atoms with Crippen LogP contribution in [0, 0.1) is 5.82 Å². The van der Waals surface area contributed by atoms with E-state index in [-0.39, 0.29) is 5.82 Å². The van der Waals surface area contributed by atoms with E-state index < -0.39 is 5.72 Å². The minimum Gasteiger partial charge on any atom is -0.496 e. The fourth-order valence-electron chi connectivity index (χ4n) is 3.97. The number of hydrogen-bond acceptors (Lipinski definition) is 4. The molecule has 2 aliphatic rings. The predicted octanol–water partition coefficient (Wildman–Crippen LogP) is 5.09. The topological polar surface area (TPSA) is 34.1 Å². The zero-order valence-electron chi connectivity index (χ0n) is 16.5. The van der Waals surface area contributed by atoms with Crippen LogP contribution in [0.4, 0.5) is 4.39 Å². The molecule has 28 heavy (non-hydrogen) atoms. The summed E-state index contributed by atoms with van der Waals surface area (Å²) < 4.78 is 18.9. The van der Waals surface area contributed by atoms with Gasteiger partial charge in [-0.3, -0.25) is 0 Å². The zero-order chi connectivity index (χ0) is 19.7. The number of ether oxygens (including phenoxy) is 1. The first kappa shape index (κ1) is 18.5. The smallest absolute Gasteiger partial charge is 0.234 e. The van der Waals surface area contributed by atoms with E-state index in [1.807, 2.05) is 6.92 Å². The molecular weight excluding hydrogens is 355 g/mol. The SMILES string of the molecule is CCc1ccc(C=C2CCCN3C2=NOC3(C)c2ccc(F)cc2)cc1OC. The highest BCUT2D eigenvalue weighted by Crippen LogP contribution is 2.40. The van der Waals surface area contributed by atoms with E-state index in [1.165, 1.54) is 17.7 Å². The van der Waals surface area contributed by atoms with Crippen LogP contribution in [0.3, 0.4) is 0 Å². The van der Waals surface area contributed by atoms with E-state index in [4.69, 9.17) is 9.57 Å². The van der Waals surface area contributed by atoms with Gasteiger partial charge in [0, 0.05) is 19.0 Å². The fraction of sp³-hybridized carbons (Fsp3) is 0.348.